The fourth-order valence-corrected chi connectivity index (χ4v) is 3.90. The van der Waals surface area contributed by atoms with Crippen molar-refractivity contribution >= 4 is 11.8 Å². The van der Waals surface area contributed by atoms with Crippen molar-refractivity contribution in [2.45, 2.75) is 23.9 Å². The van der Waals surface area contributed by atoms with Gasteiger partial charge in [-0.25, -0.2) is 0 Å². The van der Waals surface area contributed by atoms with Crippen molar-refractivity contribution in [2.75, 3.05) is 7.11 Å². The standard InChI is InChI=1S/C22H21N5O2S/c1-4-14-27-20(17-12-8-9-13-18(17)28-3)24-25-22(27)30-15(2)21-23-19(26-29-21)16-10-6-5-7-11-16/h4-13,15H,1,14H2,2-3H3. The molecule has 0 saturated heterocycles. The molecule has 0 saturated carbocycles. The molecule has 30 heavy (non-hydrogen) atoms. The summed E-state index contributed by atoms with van der Waals surface area (Å²) in [4.78, 5) is 4.55. The minimum Gasteiger partial charge on any atom is -0.496 e. The Hall–Kier alpha value is -3.39. The van der Waals surface area contributed by atoms with Gasteiger partial charge < -0.3 is 9.26 Å². The van der Waals surface area contributed by atoms with Crippen molar-refractivity contribution in [3.8, 4) is 28.5 Å². The summed E-state index contributed by atoms with van der Waals surface area (Å²) in [7, 11) is 1.64. The number of hydrogen-bond donors (Lipinski definition) is 0. The fourth-order valence-electron chi connectivity index (χ4n) is 3.01. The van der Waals surface area contributed by atoms with Crippen LogP contribution in [0.15, 0.2) is 76.9 Å². The van der Waals surface area contributed by atoms with Gasteiger partial charge in [-0.15, -0.1) is 16.8 Å². The van der Waals surface area contributed by atoms with E-state index in [-0.39, 0.29) is 5.25 Å². The number of para-hydroxylation sites is 1. The fraction of sp³-hybridized carbons (Fsp3) is 0.182. The molecule has 0 aliphatic rings. The van der Waals surface area contributed by atoms with Crippen molar-refractivity contribution in [2.24, 2.45) is 0 Å². The second-order valence-electron chi connectivity index (χ2n) is 6.49. The Morgan fingerprint density at radius 1 is 1.13 bits per heavy atom. The Morgan fingerprint density at radius 2 is 1.90 bits per heavy atom. The first-order valence-electron chi connectivity index (χ1n) is 9.44. The smallest absolute Gasteiger partial charge is 0.240 e. The molecule has 0 radical (unpaired) electrons. The van der Waals surface area contributed by atoms with Crippen molar-refractivity contribution < 1.29 is 9.26 Å². The minimum absolute atomic E-state index is 0.103. The number of aromatic nitrogens is 5. The molecule has 0 aliphatic heterocycles. The maximum absolute atomic E-state index is 5.50. The quantitative estimate of drug-likeness (QED) is 0.292. The normalized spacial score (nSPS) is 11.9. The molecule has 1 unspecified atom stereocenters. The number of ether oxygens (including phenoxy) is 1. The zero-order chi connectivity index (χ0) is 20.9. The molecule has 8 heteroatoms. The highest BCUT2D eigenvalue weighted by Gasteiger charge is 2.22. The summed E-state index contributed by atoms with van der Waals surface area (Å²) >= 11 is 1.51. The third-order valence-corrected chi connectivity index (χ3v) is 5.55. The van der Waals surface area contributed by atoms with Crippen LogP contribution in [0.2, 0.25) is 0 Å². The van der Waals surface area contributed by atoms with Crippen LogP contribution < -0.4 is 4.74 Å². The number of methoxy groups -OCH3 is 1. The van der Waals surface area contributed by atoms with E-state index < -0.39 is 0 Å². The van der Waals surface area contributed by atoms with E-state index in [1.807, 2.05) is 72.2 Å². The second-order valence-corrected chi connectivity index (χ2v) is 7.80. The van der Waals surface area contributed by atoms with E-state index in [0.717, 1.165) is 27.9 Å². The van der Waals surface area contributed by atoms with Crippen LogP contribution in [0.3, 0.4) is 0 Å². The summed E-state index contributed by atoms with van der Waals surface area (Å²) in [5, 5.41) is 13.6. The summed E-state index contributed by atoms with van der Waals surface area (Å²) in [6.45, 7) is 6.44. The van der Waals surface area contributed by atoms with Crippen LogP contribution in [-0.4, -0.2) is 32.0 Å². The summed E-state index contributed by atoms with van der Waals surface area (Å²) < 4.78 is 13.0. The van der Waals surface area contributed by atoms with Gasteiger partial charge in [0.15, 0.2) is 11.0 Å². The molecule has 0 fully saturated rings. The van der Waals surface area contributed by atoms with Crippen molar-refractivity contribution in [1.29, 1.82) is 0 Å². The molecular formula is C22H21N5O2S. The second kappa shape index (κ2) is 8.96. The summed E-state index contributed by atoms with van der Waals surface area (Å²) in [6.07, 6.45) is 1.82. The van der Waals surface area contributed by atoms with Gasteiger partial charge >= 0.3 is 0 Å². The van der Waals surface area contributed by atoms with Crippen LogP contribution in [-0.2, 0) is 6.54 Å². The van der Waals surface area contributed by atoms with Crippen molar-refractivity contribution in [3.63, 3.8) is 0 Å². The van der Waals surface area contributed by atoms with E-state index >= 15 is 0 Å². The van der Waals surface area contributed by atoms with Gasteiger partial charge in [0.2, 0.25) is 11.7 Å². The predicted molar refractivity (Wildman–Crippen MR) is 116 cm³/mol. The van der Waals surface area contributed by atoms with Crippen LogP contribution in [0.4, 0.5) is 0 Å². The Morgan fingerprint density at radius 3 is 2.67 bits per heavy atom. The highest BCUT2D eigenvalue weighted by molar-refractivity contribution is 7.99. The molecule has 0 N–H and O–H groups in total. The molecule has 1 atom stereocenters. The highest BCUT2D eigenvalue weighted by Crippen LogP contribution is 2.37. The molecule has 0 amide bonds. The van der Waals surface area contributed by atoms with Crippen LogP contribution in [0.1, 0.15) is 18.1 Å². The van der Waals surface area contributed by atoms with Gasteiger partial charge in [-0.2, -0.15) is 4.98 Å². The zero-order valence-electron chi connectivity index (χ0n) is 16.7. The molecule has 0 aliphatic carbocycles. The molecular weight excluding hydrogens is 398 g/mol. The Labute approximate surface area is 178 Å². The molecule has 2 aromatic carbocycles. The lowest BCUT2D eigenvalue weighted by Gasteiger charge is -2.11. The molecule has 2 aromatic heterocycles. The number of rotatable bonds is 8. The van der Waals surface area contributed by atoms with Gasteiger partial charge in [-0.3, -0.25) is 4.57 Å². The molecule has 4 aromatic rings. The van der Waals surface area contributed by atoms with E-state index in [1.54, 1.807) is 7.11 Å². The maximum Gasteiger partial charge on any atom is 0.240 e. The van der Waals surface area contributed by atoms with Gasteiger partial charge in [0.25, 0.3) is 0 Å². The van der Waals surface area contributed by atoms with Crippen molar-refractivity contribution in [3.05, 3.63) is 73.1 Å². The average molecular weight is 420 g/mol. The predicted octanol–water partition coefficient (Wildman–Crippen LogP) is 5.04. The first-order valence-corrected chi connectivity index (χ1v) is 10.3. The molecule has 152 valence electrons. The van der Waals surface area contributed by atoms with E-state index in [0.29, 0.717) is 18.3 Å². The number of benzene rings is 2. The van der Waals surface area contributed by atoms with Gasteiger partial charge in [0, 0.05) is 12.1 Å². The summed E-state index contributed by atoms with van der Waals surface area (Å²) in [5.74, 6) is 2.56. The highest BCUT2D eigenvalue weighted by atomic mass is 32.2. The minimum atomic E-state index is -0.103. The van der Waals surface area contributed by atoms with Crippen LogP contribution >= 0.6 is 11.8 Å². The number of nitrogens with zero attached hydrogens (tertiary/aromatic N) is 5. The largest absolute Gasteiger partial charge is 0.496 e. The topological polar surface area (TPSA) is 78.9 Å². The van der Waals surface area contributed by atoms with E-state index in [9.17, 15) is 0 Å². The third-order valence-electron chi connectivity index (χ3n) is 4.48. The van der Waals surface area contributed by atoms with Gasteiger partial charge in [-0.05, 0) is 19.1 Å². The molecule has 0 spiro atoms. The van der Waals surface area contributed by atoms with Gasteiger partial charge in [-0.1, -0.05) is 65.5 Å². The average Bonchev–Trinajstić information content (AvgIpc) is 3.43. The lowest BCUT2D eigenvalue weighted by molar-refractivity contribution is 0.380. The SMILES string of the molecule is C=CCn1c(SC(C)c2nc(-c3ccccc3)no2)nnc1-c1ccccc1OC. The number of thioether (sulfide) groups is 1. The van der Waals surface area contributed by atoms with Gasteiger partial charge in [0.1, 0.15) is 5.75 Å². The van der Waals surface area contributed by atoms with Crippen LogP contribution in [0, 0.1) is 0 Å². The van der Waals surface area contributed by atoms with Crippen LogP contribution in [0.25, 0.3) is 22.8 Å². The molecule has 2 heterocycles. The third kappa shape index (κ3) is 3.99. The Balaban J connectivity index is 1.61. The van der Waals surface area contributed by atoms with Crippen LogP contribution in [0.5, 0.6) is 5.75 Å². The van der Waals surface area contributed by atoms with E-state index in [2.05, 4.69) is 26.9 Å². The number of hydrogen-bond acceptors (Lipinski definition) is 7. The molecule has 0 bridgehead atoms. The maximum atomic E-state index is 5.50. The Bertz CT molecular complexity index is 1140. The monoisotopic (exact) mass is 419 g/mol. The van der Waals surface area contributed by atoms with E-state index in [1.165, 1.54) is 11.8 Å². The Kier molecular flexibility index (Phi) is 5.94. The molecule has 7 nitrogen and oxygen atoms in total. The molecule has 4 rings (SSSR count). The van der Waals surface area contributed by atoms with Crippen molar-refractivity contribution in [1.82, 2.24) is 24.9 Å². The first-order chi connectivity index (χ1) is 14.7. The van der Waals surface area contributed by atoms with Gasteiger partial charge in [0.05, 0.1) is 17.9 Å². The zero-order valence-corrected chi connectivity index (χ0v) is 17.5. The number of allylic oxidation sites excluding steroid dienone is 1. The van der Waals surface area contributed by atoms with E-state index in [4.69, 9.17) is 9.26 Å². The first kappa shape index (κ1) is 19.9. The lowest BCUT2D eigenvalue weighted by Crippen LogP contribution is -2.02. The lowest BCUT2D eigenvalue weighted by atomic mass is 10.2. The summed E-state index contributed by atoms with van der Waals surface area (Å²) in [5.41, 5.74) is 1.79. The summed E-state index contributed by atoms with van der Waals surface area (Å²) in [6, 6.07) is 17.5.